The molecule has 56 valence electrons. The van der Waals surface area contributed by atoms with Gasteiger partial charge in [0, 0.05) is 6.04 Å². The van der Waals surface area contributed by atoms with Gasteiger partial charge in [0.25, 0.3) is 0 Å². The maximum Gasteiger partial charge on any atom is 0.404 e. The van der Waals surface area contributed by atoms with E-state index >= 15 is 0 Å². The number of hydrogen-bond acceptors (Lipinski definition) is 2. The second-order valence-corrected chi connectivity index (χ2v) is 2.83. The predicted molar refractivity (Wildman–Crippen MR) is 32.8 cm³/mol. The lowest BCUT2D eigenvalue weighted by Crippen LogP contribution is -2.32. The van der Waals surface area contributed by atoms with Crippen molar-refractivity contribution in [2.24, 2.45) is 0 Å². The summed E-state index contributed by atoms with van der Waals surface area (Å²) in [7, 11) is 0. The molecule has 3 atom stereocenters. The molecule has 0 unspecified atom stereocenters. The highest BCUT2D eigenvalue weighted by molar-refractivity contribution is 5.64. The number of ether oxygens (including phenoxy) is 1. The van der Waals surface area contributed by atoms with E-state index in [9.17, 15) is 4.79 Å². The minimum absolute atomic E-state index is 0.140. The first-order chi connectivity index (χ1) is 4.75. The molecule has 0 aromatic rings. The third kappa shape index (κ3) is 0.945. The normalized spacial score (nSPS) is 42.6. The molecule has 1 aliphatic carbocycles. The van der Waals surface area contributed by atoms with Crippen LogP contribution in [0.4, 0.5) is 4.79 Å². The van der Waals surface area contributed by atoms with E-state index in [1.54, 1.807) is 0 Å². The molecule has 0 radical (unpaired) electrons. The van der Waals surface area contributed by atoms with Crippen LogP contribution in [0.25, 0.3) is 0 Å². The summed E-state index contributed by atoms with van der Waals surface area (Å²) in [6.45, 7) is 0. The van der Waals surface area contributed by atoms with E-state index in [1.807, 2.05) is 0 Å². The van der Waals surface area contributed by atoms with Gasteiger partial charge in [-0.1, -0.05) is 0 Å². The van der Waals surface area contributed by atoms with Crippen LogP contribution >= 0.6 is 0 Å². The highest BCUT2D eigenvalue weighted by Gasteiger charge is 2.48. The molecular weight excluding hydrogens is 134 g/mol. The van der Waals surface area contributed by atoms with Crippen LogP contribution in [0.5, 0.6) is 0 Å². The number of carboxylic acid groups (broad SMARTS) is 1. The molecule has 1 saturated heterocycles. The number of nitrogens with one attached hydrogen (secondary N) is 1. The SMILES string of the molecule is O=C(O)N[C@@H]1C[C@@H]2O[C@@H]2C1. The van der Waals surface area contributed by atoms with E-state index in [-0.39, 0.29) is 6.04 Å². The van der Waals surface area contributed by atoms with Crippen molar-refractivity contribution in [2.75, 3.05) is 0 Å². The van der Waals surface area contributed by atoms with Crippen LogP contribution in [0, 0.1) is 0 Å². The molecule has 2 rings (SSSR count). The van der Waals surface area contributed by atoms with Crippen LogP contribution in [0.2, 0.25) is 0 Å². The summed E-state index contributed by atoms with van der Waals surface area (Å²) in [5.41, 5.74) is 0. The molecule has 10 heavy (non-hydrogen) atoms. The van der Waals surface area contributed by atoms with Crippen LogP contribution in [-0.4, -0.2) is 29.4 Å². The molecule has 0 aromatic carbocycles. The van der Waals surface area contributed by atoms with Gasteiger partial charge in [-0.2, -0.15) is 0 Å². The molecule has 0 spiro atoms. The first-order valence-electron chi connectivity index (χ1n) is 3.40. The van der Waals surface area contributed by atoms with Gasteiger partial charge in [0.15, 0.2) is 0 Å². The molecule has 4 nitrogen and oxygen atoms in total. The lowest BCUT2D eigenvalue weighted by molar-refractivity contribution is 0.185. The van der Waals surface area contributed by atoms with Crippen molar-refractivity contribution in [3.8, 4) is 0 Å². The standard InChI is InChI=1S/C6H9NO3/c8-6(9)7-3-1-4-5(2-3)10-4/h3-5,7H,1-2H2,(H,8,9)/t3-,4+,5-. The Hall–Kier alpha value is -0.770. The lowest BCUT2D eigenvalue weighted by Gasteiger charge is -2.09. The molecule has 4 heteroatoms. The molecule has 2 fully saturated rings. The van der Waals surface area contributed by atoms with E-state index < -0.39 is 6.09 Å². The molecule has 2 aliphatic rings. The fraction of sp³-hybridized carbons (Fsp3) is 0.833. The van der Waals surface area contributed by atoms with Gasteiger partial charge in [0.1, 0.15) is 0 Å². The highest BCUT2D eigenvalue weighted by Crippen LogP contribution is 2.38. The molecule has 1 heterocycles. The number of fused-ring (bicyclic) bond motifs is 1. The van der Waals surface area contributed by atoms with E-state index in [0.29, 0.717) is 12.2 Å². The summed E-state index contributed by atoms with van der Waals surface area (Å²) in [5.74, 6) is 0. The molecular formula is C6H9NO3. The van der Waals surface area contributed by atoms with Crippen molar-refractivity contribution in [3.05, 3.63) is 0 Å². The van der Waals surface area contributed by atoms with Gasteiger partial charge >= 0.3 is 6.09 Å². The van der Waals surface area contributed by atoms with Gasteiger partial charge in [-0.3, -0.25) is 0 Å². The molecule has 1 amide bonds. The zero-order chi connectivity index (χ0) is 7.14. The third-order valence-corrected chi connectivity index (χ3v) is 2.05. The summed E-state index contributed by atoms with van der Waals surface area (Å²) in [5, 5.41) is 10.8. The minimum Gasteiger partial charge on any atom is -0.465 e. The number of hydrogen-bond donors (Lipinski definition) is 2. The summed E-state index contributed by atoms with van der Waals surface area (Å²) in [6.07, 6.45) is 1.51. The van der Waals surface area contributed by atoms with E-state index in [0.717, 1.165) is 12.8 Å². The first kappa shape index (κ1) is 5.97. The Morgan fingerprint density at radius 2 is 2.10 bits per heavy atom. The quantitative estimate of drug-likeness (QED) is 0.515. The van der Waals surface area contributed by atoms with Gasteiger partial charge in [-0.25, -0.2) is 4.79 Å². The molecule has 0 aromatic heterocycles. The fourth-order valence-electron chi connectivity index (χ4n) is 1.54. The largest absolute Gasteiger partial charge is 0.465 e. The Morgan fingerprint density at radius 1 is 1.50 bits per heavy atom. The number of amides is 1. The van der Waals surface area contributed by atoms with Crippen molar-refractivity contribution < 1.29 is 14.6 Å². The molecule has 1 aliphatic heterocycles. The Balaban J connectivity index is 1.80. The second-order valence-electron chi connectivity index (χ2n) is 2.83. The molecule has 2 N–H and O–H groups in total. The van der Waals surface area contributed by atoms with Gasteiger partial charge in [-0.05, 0) is 12.8 Å². The van der Waals surface area contributed by atoms with E-state index in [2.05, 4.69) is 5.32 Å². The second kappa shape index (κ2) is 1.85. The number of rotatable bonds is 1. The van der Waals surface area contributed by atoms with Crippen LogP contribution in [-0.2, 0) is 4.74 Å². The smallest absolute Gasteiger partial charge is 0.404 e. The van der Waals surface area contributed by atoms with Crippen LogP contribution in [0.3, 0.4) is 0 Å². The van der Waals surface area contributed by atoms with Crippen molar-refractivity contribution in [2.45, 2.75) is 31.1 Å². The average molecular weight is 143 g/mol. The van der Waals surface area contributed by atoms with Crippen LogP contribution in [0.15, 0.2) is 0 Å². The molecule has 1 saturated carbocycles. The lowest BCUT2D eigenvalue weighted by atomic mass is 10.2. The minimum atomic E-state index is -0.925. The fourth-order valence-corrected chi connectivity index (χ4v) is 1.54. The topological polar surface area (TPSA) is 61.9 Å². The Labute approximate surface area is 58.2 Å². The first-order valence-corrected chi connectivity index (χ1v) is 3.40. The summed E-state index contributed by atoms with van der Waals surface area (Å²) < 4.78 is 5.13. The van der Waals surface area contributed by atoms with Gasteiger partial charge in [0.05, 0.1) is 12.2 Å². The maximum absolute atomic E-state index is 10.1. The summed E-state index contributed by atoms with van der Waals surface area (Å²) >= 11 is 0. The van der Waals surface area contributed by atoms with Gasteiger partial charge in [-0.15, -0.1) is 0 Å². The predicted octanol–water partition coefficient (Wildman–Crippen LogP) is 0.184. The Morgan fingerprint density at radius 3 is 2.60 bits per heavy atom. The van der Waals surface area contributed by atoms with Crippen molar-refractivity contribution in [1.29, 1.82) is 0 Å². The van der Waals surface area contributed by atoms with Gasteiger partial charge < -0.3 is 15.2 Å². The molecule has 0 bridgehead atoms. The average Bonchev–Trinajstić information content (AvgIpc) is 2.39. The Kier molecular flexibility index (Phi) is 1.11. The maximum atomic E-state index is 10.1. The van der Waals surface area contributed by atoms with E-state index in [4.69, 9.17) is 9.84 Å². The van der Waals surface area contributed by atoms with Crippen molar-refractivity contribution in [3.63, 3.8) is 0 Å². The Bertz CT molecular complexity index is 160. The zero-order valence-electron chi connectivity index (χ0n) is 5.41. The summed E-state index contributed by atoms with van der Waals surface area (Å²) in [4.78, 5) is 10.1. The van der Waals surface area contributed by atoms with Crippen LogP contribution in [0.1, 0.15) is 12.8 Å². The van der Waals surface area contributed by atoms with Crippen molar-refractivity contribution >= 4 is 6.09 Å². The van der Waals surface area contributed by atoms with Crippen molar-refractivity contribution in [1.82, 2.24) is 5.32 Å². The zero-order valence-corrected chi connectivity index (χ0v) is 5.41. The number of carbonyl (C=O) groups is 1. The third-order valence-electron chi connectivity index (χ3n) is 2.05. The van der Waals surface area contributed by atoms with Crippen LogP contribution < -0.4 is 5.32 Å². The van der Waals surface area contributed by atoms with E-state index in [1.165, 1.54) is 0 Å². The monoisotopic (exact) mass is 143 g/mol. The summed E-state index contributed by atoms with van der Waals surface area (Å²) in [6, 6.07) is 0.140. The highest BCUT2D eigenvalue weighted by atomic mass is 16.6. The van der Waals surface area contributed by atoms with Gasteiger partial charge in [0.2, 0.25) is 0 Å². The number of epoxide rings is 1.